The fraction of sp³-hybridized carbons (Fsp3) is 0.296. The Morgan fingerprint density at radius 1 is 0.971 bits per heavy atom. The van der Waals surface area contributed by atoms with Gasteiger partial charge in [0, 0.05) is 31.1 Å². The molecule has 0 spiro atoms. The SMILES string of the molecule is O=C(Cc1cccc(Cl)c1)c1cc(C(F)(F)F)c(CN2CCOCC2)cc1OCc1ccccc1. The number of ether oxygens (including phenoxy) is 2. The van der Waals surface area contributed by atoms with Crippen LogP contribution in [0.15, 0.2) is 66.7 Å². The molecule has 1 aliphatic heterocycles. The summed E-state index contributed by atoms with van der Waals surface area (Å²) in [5.41, 5.74) is 0.601. The molecule has 0 radical (unpaired) electrons. The van der Waals surface area contributed by atoms with Crippen LogP contribution in [0.2, 0.25) is 5.02 Å². The third-order valence-corrected chi connectivity index (χ3v) is 6.03. The minimum Gasteiger partial charge on any atom is -0.488 e. The molecule has 0 atom stereocenters. The van der Waals surface area contributed by atoms with Crippen molar-refractivity contribution in [3.05, 3.63) is 99.6 Å². The van der Waals surface area contributed by atoms with Crippen LogP contribution in [0, 0.1) is 0 Å². The Kier molecular flexibility index (Phi) is 8.11. The first-order valence-electron chi connectivity index (χ1n) is 11.3. The summed E-state index contributed by atoms with van der Waals surface area (Å²) in [7, 11) is 0. The molecule has 0 bridgehead atoms. The van der Waals surface area contributed by atoms with Crippen molar-refractivity contribution in [2.24, 2.45) is 0 Å². The molecule has 4 rings (SSSR count). The van der Waals surface area contributed by atoms with Crippen LogP contribution in [0.5, 0.6) is 5.75 Å². The number of hydrogen-bond donors (Lipinski definition) is 0. The van der Waals surface area contributed by atoms with Gasteiger partial charge in [-0.15, -0.1) is 0 Å². The number of Topliss-reactive ketones (excluding diaryl/α,β-unsaturated/α-hetero) is 1. The quantitative estimate of drug-likeness (QED) is 0.343. The van der Waals surface area contributed by atoms with Gasteiger partial charge >= 0.3 is 6.18 Å². The third kappa shape index (κ3) is 6.84. The maximum absolute atomic E-state index is 14.1. The number of ketones is 1. The molecule has 0 unspecified atom stereocenters. The van der Waals surface area contributed by atoms with Crippen molar-refractivity contribution in [2.75, 3.05) is 26.3 Å². The summed E-state index contributed by atoms with van der Waals surface area (Å²) < 4.78 is 53.6. The van der Waals surface area contributed by atoms with Crippen LogP contribution in [-0.2, 0) is 30.5 Å². The number of carbonyl (C=O) groups excluding carboxylic acids is 1. The average molecular weight is 504 g/mol. The van der Waals surface area contributed by atoms with Crippen LogP contribution < -0.4 is 4.74 Å². The lowest BCUT2D eigenvalue weighted by Crippen LogP contribution is -2.36. The van der Waals surface area contributed by atoms with Gasteiger partial charge in [0.25, 0.3) is 0 Å². The molecule has 184 valence electrons. The maximum Gasteiger partial charge on any atom is 0.416 e. The zero-order valence-electron chi connectivity index (χ0n) is 19.0. The van der Waals surface area contributed by atoms with Crippen LogP contribution in [0.4, 0.5) is 13.2 Å². The molecule has 8 heteroatoms. The van der Waals surface area contributed by atoms with Gasteiger partial charge in [0.1, 0.15) is 12.4 Å². The fourth-order valence-electron chi connectivity index (χ4n) is 4.02. The molecule has 0 amide bonds. The second kappa shape index (κ2) is 11.2. The Labute approximate surface area is 207 Å². The number of rotatable bonds is 8. The molecule has 0 aliphatic carbocycles. The van der Waals surface area contributed by atoms with E-state index in [9.17, 15) is 18.0 Å². The highest BCUT2D eigenvalue weighted by Crippen LogP contribution is 2.37. The second-order valence-corrected chi connectivity index (χ2v) is 8.83. The van der Waals surface area contributed by atoms with Gasteiger partial charge in [0.05, 0.1) is 24.3 Å². The summed E-state index contributed by atoms with van der Waals surface area (Å²) in [6.45, 7) is 2.22. The molecule has 4 nitrogen and oxygen atoms in total. The van der Waals surface area contributed by atoms with E-state index in [0.29, 0.717) is 36.9 Å². The third-order valence-electron chi connectivity index (χ3n) is 5.80. The van der Waals surface area contributed by atoms with E-state index >= 15 is 0 Å². The Morgan fingerprint density at radius 2 is 1.69 bits per heavy atom. The summed E-state index contributed by atoms with van der Waals surface area (Å²) >= 11 is 6.02. The van der Waals surface area contributed by atoms with Crippen molar-refractivity contribution >= 4 is 17.4 Å². The molecule has 1 saturated heterocycles. The molecule has 3 aromatic rings. The van der Waals surface area contributed by atoms with Gasteiger partial charge in [-0.3, -0.25) is 9.69 Å². The minimum atomic E-state index is -4.62. The first-order valence-corrected chi connectivity index (χ1v) is 11.7. The van der Waals surface area contributed by atoms with Gasteiger partial charge in [0.2, 0.25) is 0 Å². The molecule has 35 heavy (non-hydrogen) atoms. The van der Waals surface area contributed by atoms with E-state index in [0.717, 1.165) is 11.6 Å². The molecule has 0 N–H and O–H groups in total. The van der Waals surface area contributed by atoms with E-state index in [1.165, 1.54) is 6.07 Å². The standard InChI is InChI=1S/C27H25ClF3NO3/c28-22-8-4-7-20(13-22)14-25(33)23-16-24(27(29,30)31)21(17-32-9-11-34-12-10-32)15-26(23)35-18-19-5-2-1-3-6-19/h1-8,13,15-16H,9-12,14,17-18H2. The molecule has 1 aliphatic rings. The predicted octanol–water partition coefficient (Wildman–Crippen LogP) is 6.20. The van der Waals surface area contributed by atoms with Gasteiger partial charge in [-0.05, 0) is 41.0 Å². The lowest BCUT2D eigenvalue weighted by molar-refractivity contribution is -0.138. The fourth-order valence-corrected chi connectivity index (χ4v) is 4.23. The number of alkyl halides is 3. The van der Waals surface area contributed by atoms with Crippen LogP contribution in [-0.4, -0.2) is 37.0 Å². The largest absolute Gasteiger partial charge is 0.488 e. The van der Waals surface area contributed by atoms with Crippen molar-refractivity contribution in [3.8, 4) is 5.75 Å². The monoisotopic (exact) mass is 503 g/mol. The summed E-state index contributed by atoms with van der Waals surface area (Å²) in [5.74, 6) is -0.337. The summed E-state index contributed by atoms with van der Waals surface area (Å²) in [6, 6.07) is 18.3. The molecule has 3 aromatic carbocycles. The normalized spacial score (nSPS) is 14.6. The molecule has 1 fully saturated rings. The first-order chi connectivity index (χ1) is 16.8. The van der Waals surface area contributed by atoms with Crippen LogP contribution >= 0.6 is 11.6 Å². The van der Waals surface area contributed by atoms with E-state index < -0.39 is 17.5 Å². The number of morpholine rings is 1. The molecular formula is C27H25ClF3NO3. The number of benzene rings is 3. The van der Waals surface area contributed by atoms with Crippen molar-refractivity contribution in [3.63, 3.8) is 0 Å². The van der Waals surface area contributed by atoms with E-state index in [2.05, 4.69) is 0 Å². The molecular weight excluding hydrogens is 479 g/mol. The van der Waals surface area contributed by atoms with Gasteiger partial charge in [-0.25, -0.2) is 0 Å². The van der Waals surface area contributed by atoms with Crippen molar-refractivity contribution in [1.82, 2.24) is 4.90 Å². The molecule has 0 aromatic heterocycles. The van der Waals surface area contributed by atoms with E-state index in [1.807, 2.05) is 35.2 Å². The topological polar surface area (TPSA) is 38.8 Å². The Bertz CT molecular complexity index is 1160. The average Bonchev–Trinajstić information content (AvgIpc) is 2.83. The second-order valence-electron chi connectivity index (χ2n) is 8.40. The molecule has 1 heterocycles. The highest BCUT2D eigenvalue weighted by atomic mass is 35.5. The van der Waals surface area contributed by atoms with Crippen LogP contribution in [0.25, 0.3) is 0 Å². The van der Waals surface area contributed by atoms with E-state index in [4.69, 9.17) is 21.1 Å². The maximum atomic E-state index is 14.1. The van der Waals surface area contributed by atoms with E-state index in [-0.39, 0.29) is 36.4 Å². The first kappa shape index (κ1) is 25.2. The number of hydrogen-bond acceptors (Lipinski definition) is 4. The van der Waals surface area contributed by atoms with Crippen molar-refractivity contribution < 1.29 is 27.4 Å². The van der Waals surface area contributed by atoms with Crippen molar-refractivity contribution in [2.45, 2.75) is 25.7 Å². The van der Waals surface area contributed by atoms with Gasteiger partial charge in [-0.1, -0.05) is 54.1 Å². The lowest BCUT2D eigenvalue weighted by Gasteiger charge is -2.28. The lowest BCUT2D eigenvalue weighted by atomic mass is 9.96. The number of carbonyl (C=O) groups is 1. The minimum absolute atomic E-state index is 0.0711. The van der Waals surface area contributed by atoms with Crippen LogP contribution in [0.1, 0.15) is 32.6 Å². The Morgan fingerprint density at radius 3 is 2.37 bits per heavy atom. The smallest absolute Gasteiger partial charge is 0.416 e. The Hall–Kier alpha value is -2.87. The number of nitrogens with zero attached hydrogens (tertiary/aromatic N) is 1. The van der Waals surface area contributed by atoms with Crippen LogP contribution in [0.3, 0.4) is 0 Å². The summed E-state index contributed by atoms with van der Waals surface area (Å²) in [4.78, 5) is 15.1. The Balaban J connectivity index is 1.71. The van der Waals surface area contributed by atoms with E-state index in [1.54, 1.807) is 24.3 Å². The number of halogens is 4. The zero-order valence-corrected chi connectivity index (χ0v) is 19.7. The zero-order chi connectivity index (χ0) is 24.8. The van der Waals surface area contributed by atoms with Gasteiger partial charge in [0.15, 0.2) is 5.78 Å². The van der Waals surface area contributed by atoms with Crippen molar-refractivity contribution in [1.29, 1.82) is 0 Å². The predicted molar refractivity (Wildman–Crippen MR) is 128 cm³/mol. The molecule has 0 saturated carbocycles. The highest BCUT2D eigenvalue weighted by Gasteiger charge is 2.36. The highest BCUT2D eigenvalue weighted by molar-refractivity contribution is 6.30. The summed E-state index contributed by atoms with van der Waals surface area (Å²) in [6.07, 6.45) is -4.72. The van der Waals surface area contributed by atoms with Gasteiger partial charge in [-0.2, -0.15) is 13.2 Å². The van der Waals surface area contributed by atoms with Gasteiger partial charge < -0.3 is 9.47 Å². The summed E-state index contributed by atoms with van der Waals surface area (Å²) in [5, 5.41) is 0.452.